The molecule has 0 saturated heterocycles. The minimum absolute atomic E-state index is 0. The van der Waals surface area contributed by atoms with E-state index in [1.54, 1.807) is 0 Å². The first-order valence-corrected chi connectivity index (χ1v) is 3.71. The van der Waals surface area contributed by atoms with Crippen LogP contribution in [0.4, 0.5) is 0 Å². The second-order valence-corrected chi connectivity index (χ2v) is 2.27. The van der Waals surface area contributed by atoms with Crippen molar-refractivity contribution in [2.24, 2.45) is 0 Å². The average Bonchev–Trinajstić information content (AvgIpc) is 1.81. The van der Waals surface area contributed by atoms with Crippen molar-refractivity contribution < 1.29 is 36.5 Å². The third kappa shape index (κ3) is 16.0. The minimum Gasteiger partial charge on any atom is -1.00 e. The van der Waals surface area contributed by atoms with Crippen molar-refractivity contribution in [1.82, 2.24) is 0 Å². The second-order valence-electron chi connectivity index (χ2n) is 2.27. The summed E-state index contributed by atoms with van der Waals surface area (Å²) in [7, 11) is 0. The van der Waals surface area contributed by atoms with Crippen LogP contribution in [-0.2, 0) is 19.5 Å². The quantitative estimate of drug-likeness (QED) is 0.488. The van der Waals surface area contributed by atoms with Crippen LogP contribution in [0.3, 0.4) is 0 Å². The molecule has 0 heterocycles. The molecule has 0 unspecified atom stereocenters. The molecule has 0 rings (SSSR count). The number of rotatable bonds is 5. The number of unbranched alkanes of at least 4 members (excludes halogenated alkanes) is 5. The number of hydrogen-bond donors (Lipinski definition) is 0. The van der Waals surface area contributed by atoms with Gasteiger partial charge in [0, 0.05) is 19.5 Å². The maximum absolute atomic E-state index is 3.78. The van der Waals surface area contributed by atoms with E-state index in [2.05, 4.69) is 13.8 Å². The molecule has 0 N–H and O–H groups in total. The summed E-state index contributed by atoms with van der Waals surface area (Å²) in [5, 5.41) is 0. The summed E-state index contributed by atoms with van der Waals surface area (Å²) < 4.78 is 0. The van der Waals surface area contributed by atoms with Crippen LogP contribution >= 0.6 is 0 Å². The van der Waals surface area contributed by atoms with E-state index in [1.807, 2.05) is 0 Å². The van der Waals surface area contributed by atoms with Gasteiger partial charge in [-0.1, -0.05) is 52.4 Å². The molecule has 0 atom stereocenters. The molecule has 2 heteroatoms. The Bertz CT molecular complexity index is 34.2. The van der Waals surface area contributed by atoms with Gasteiger partial charge >= 0.3 is 0 Å². The summed E-state index contributed by atoms with van der Waals surface area (Å²) in [6, 6.07) is 0. The predicted molar refractivity (Wildman–Crippen MR) is 38.7 cm³/mol. The molecule has 1 radical (unpaired) electrons. The summed E-state index contributed by atoms with van der Waals surface area (Å²) in [6.07, 6.45) is 7.98. The molecule has 0 aliphatic heterocycles. The van der Waals surface area contributed by atoms with Gasteiger partial charge in [-0.05, 0) is 0 Å². The molecule has 0 saturated carbocycles. The summed E-state index contributed by atoms with van der Waals surface area (Å²) in [6.45, 7) is 6.02. The Hall–Kier alpha value is 1.10. The molecule has 0 aromatic heterocycles. The van der Waals surface area contributed by atoms with Crippen molar-refractivity contribution in [3.8, 4) is 0 Å². The van der Waals surface area contributed by atoms with Gasteiger partial charge < -0.3 is 17.0 Å². The third-order valence-electron chi connectivity index (χ3n) is 1.35. The van der Waals surface area contributed by atoms with Gasteiger partial charge in [-0.3, -0.25) is 0 Å². The molecule has 0 aliphatic rings. The van der Waals surface area contributed by atoms with Crippen LogP contribution in [0.5, 0.6) is 0 Å². The first-order chi connectivity index (χ1) is 3.91. The summed E-state index contributed by atoms with van der Waals surface area (Å²) >= 11 is 0. The Morgan fingerprint density at radius 1 is 1.00 bits per heavy atom. The monoisotopic (exact) mass is 256 g/mol. The van der Waals surface area contributed by atoms with Gasteiger partial charge in [0.2, 0.25) is 0 Å². The van der Waals surface area contributed by atoms with Gasteiger partial charge in [0.1, 0.15) is 0 Å². The molecule has 0 aromatic carbocycles. The van der Waals surface area contributed by atoms with E-state index >= 15 is 0 Å². The summed E-state index contributed by atoms with van der Waals surface area (Å²) in [4.78, 5) is 0. The maximum Gasteiger partial charge on any atom is 0 e. The molecular formula is C8H17BrZn-. The zero-order chi connectivity index (χ0) is 6.24. The summed E-state index contributed by atoms with van der Waals surface area (Å²) in [5.74, 6) is 0. The van der Waals surface area contributed by atoms with E-state index in [9.17, 15) is 0 Å². The van der Waals surface area contributed by atoms with E-state index in [0.717, 1.165) is 6.42 Å². The van der Waals surface area contributed by atoms with Crippen LogP contribution < -0.4 is 17.0 Å². The van der Waals surface area contributed by atoms with Crippen molar-refractivity contribution >= 4 is 0 Å². The fourth-order valence-electron chi connectivity index (χ4n) is 0.780. The SMILES string of the molecule is [Br-].[CH2]CCCCCCC.[Zn]. The van der Waals surface area contributed by atoms with Crippen molar-refractivity contribution in [2.75, 3.05) is 0 Å². The molecule has 0 aliphatic carbocycles. The van der Waals surface area contributed by atoms with Gasteiger partial charge in [-0.15, -0.1) is 0 Å². The van der Waals surface area contributed by atoms with Crippen molar-refractivity contribution in [1.29, 1.82) is 0 Å². The molecule has 59 valence electrons. The van der Waals surface area contributed by atoms with E-state index < -0.39 is 0 Å². The van der Waals surface area contributed by atoms with Crippen molar-refractivity contribution in [2.45, 2.75) is 45.4 Å². The van der Waals surface area contributed by atoms with E-state index in [-0.39, 0.29) is 36.5 Å². The molecule has 0 amide bonds. The molecule has 0 nitrogen and oxygen atoms in total. The van der Waals surface area contributed by atoms with Crippen LogP contribution in [0.2, 0.25) is 0 Å². The Labute approximate surface area is 88.7 Å². The zero-order valence-electron chi connectivity index (χ0n) is 7.03. The normalized spacial score (nSPS) is 7.80. The van der Waals surface area contributed by atoms with Crippen LogP contribution in [0.15, 0.2) is 0 Å². The molecule has 10 heavy (non-hydrogen) atoms. The molecule has 0 aromatic rings. The zero-order valence-corrected chi connectivity index (χ0v) is 11.6. The first kappa shape index (κ1) is 17.3. The van der Waals surface area contributed by atoms with E-state index in [4.69, 9.17) is 0 Å². The largest absolute Gasteiger partial charge is 1.00 e. The number of hydrogen-bond acceptors (Lipinski definition) is 0. The third-order valence-corrected chi connectivity index (χ3v) is 1.35. The van der Waals surface area contributed by atoms with Crippen LogP contribution in [0.1, 0.15) is 45.4 Å². The molecule has 0 fully saturated rings. The molecule has 0 spiro atoms. The topological polar surface area (TPSA) is 0 Å². The summed E-state index contributed by atoms with van der Waals surface area (Å²) in [5.41, 5.74) is 0. The van der Waals surface area contributed by atoms with Gasteiger partial charge in [0.15, 0.2) is 0 Å². The Kier molecular flexibility index (Phi) is 28.6. The van der Waals surface area contributed by atoms with Crippen LogP contribution in [0.25, 0.3) is 0 Å². The predicted octanol–water partition coefficient (Wildman–Crippen LogP) is 0.182. The minimum atomic E-state index is 0. The smallest absolute Gasteiger partial charge is 0 e. The second kappa shape index (κ2) is 16.6. The van der Waals surface area contributed by atoms with Gasteiger partial charge in [-0.2, -0.15) is 0 Å². The van der Waals surface area contributed by atoms with Crippen molar-refractivity contribution in [3.63, 3.8) is 0 Å². The first-order valence-electron chi connectivity index (χ1n) is 3.71. The van der Waals surface area contributed by atoms with E-state index in [0.29, 0.717) is 0 Å². The van der Waals surface area contributed by atoms with Crippen molar-refractivity contribution in [3.05, 3.63) is 6.92 Å². The van der Waals surface area contributed by atoms with E-state index in [1.165, 1.54) is 32.1 Å². The Morgan fingerprint density at radius 3 is 1.90 bits per heavy atom. The number of halogens is 1. The van der Waals surface area contributed by atoms with Gasteiger partial charge in [0.25, 0.3) is 0 Å². The molecular weight excluding hydrogens is 241 g/mol. The standard InChI is InChI=1S/C8H17.BrH.Zn/c1-3-5-7-8-6-4-2;;/h1,3-8H2,2H3;1H;/p-1. The Morgan fingerprint density at radius 2 is 1.50 bits per heavy atom. The van der Waals surface area contributed by atoms with Crippen LogP contribution in [0, 0.1) is 6.92 Å². The average molecular weight is 259 g/mol. The molecule has 0 bridgehead atoms. The van der Waals surface area contributed by atoms with Gasteiger partial charge in [-0.25, -0.2) is 0 Å². The van der Waals surface area contributed by atoms with Gasteiger partial charge in [0.05, 0.1) is 0 Å². The Balaban J connectivity index is -0.000000245. The fraction of sp³-hybridized carbons (Fsp3) is 0.875. The fourth-order valence-corrected chi connectivity index (χ4v) is 0.780. The maximum atomic E-state index is 3.78. The van der Waals surface area contributed by atoms with Crippen LogP contribution in [-0.4, -0.2) is 0 Å².